The highest BCUT2D eigenvalue weighted by atomic mass is 15.2. The minimum absolute atomic E-state index is 0.836. The Hall–Kier alpha value is -1.22. The summed E-state index contributed by atoms with van der Waals surface area (Å²) in [6.07, 6.45) is 0. The largest absolute Gasteiger partial charge is 0.399 e. The minimum Gasteiger partial charge on any atom is -0.399 e. The van der Waals surface area contributed by atoms with Crippen molar-refractivity contribution in [1.29, 1.82) is 0 Å². The molecule has 3 nitrogen and oxygen atoms in total. The third-order valence-electron chi connectivity index (χ3n) is 3.28. The van der Waals surface area contributed by atoms with E-state index in [2.05, 4.69) is 43.7 Å². The Morgan fingerprint density at radius 1 is 1.05 bits per heavy atom. The Morgan fingerprint density at radius 2 is 1.63 bits per heavy atom. The number of hydrogen-bond acceptors (Lipinski definition) is 3. The van der Waals surface area contributed by atoms with Crippen LogP contribution in [0.2, 0.25) is 0 Å². The molecule has 3 heteroatoms. The predicted molar refractivity (Wildman–Crippen MR) is 88.0 cm³/mol. The van der Waals surface area contributed by atoms with Crippen molar-refractivity contribution in [3.05, 3.63) is 23.8 Å². The molecule has 0 unspecified atom stereocenters. The molecule has 0 aliphatic carbocycles. The molecule has 0 saturated carbocycles. The van der Waals surface area contributed by atoms with Crippen LogP contribution >= 0.6 is 0 Å². The van der Waals surface area contributed by atoms with Crippen molar-refractivity contribution in [2.75, 3.05) is 43.9 Å². The lowest BCUT2D eigenvalue weighted by molar-refractivity contribution is 0.311. The van der Waals surface area contributed by atoms with E-state index in [9.17, 15) is 0 Å². The van der Waals surface area contributed by atoms with Crippen molar-refractivity contribution in [1.82, 2.24) is 4.90 Å². The fourth-order valence-corrected chi connectivity index (χ4v) is 2.06. The SMILES string of the molecule is CC.CCN(CC)CCN(C)c1ccc(N)cc1C. The number of anilines is 2. The Bertz CT molecular complexity index is 346. The fourth-order valence-electron chi connectivity index (χ4n) is 2.06. The first-order valence-corrected chi connectivity index (χ1v) is 7.38. The van der Waals surface area contributed by atoms with Gasteiger partial charge in [-0.1, -0.05) is 27.7 Å². The molecule has 1 rings (SSSR count). The van der Waals surface area contributed by atoms with Crippen molar-refractivity contribution in [2.45, 2.75) is 34.6 Å². The van der Waals surface area contributed by atoms with Crippen LogP contribution in [0.15, 0.2) is 18.2 Å². The first kappa shape index (κ1) is 17.8. The predicted octanol–water partition coefficient (Wildman–Crippen LogP) is 3.38. The molecule has 0 atom stereocenters. The lowest BCUT2D eigenvalue weighted by Crippen LogP contribution is -2.33. The number of likely N-dealkylation sites (N-methyl/N-ethyl adjacent to an activating group) is 2. The third-order valence-corrected chi connectivity index (χ3v) is 3.28. The van der Waals surface area contributed by atoms with E-state index in [1.165, 1.54) is 11.3 Å². The summed E-state index contributed by atoms with van der Waals surface area (Å²) in [6, 6.07) is 6.10. The summed E-state index contributed by atoms with van der Waals surface area (Å²) in [5.41, 5.74) is 9.12. The van der Waals surface area contributed by atoms with E-state index in [1.54, 1.807) is 0 Å². The average molecular weight is 265 g/mol. The van der Waals surface area contributed by atoms with Crippen molar-refractivity contribution >= 4 is 11.4 Å². The lowest BCUT2D eigenvalue weighted by Gasteiger charge is -2.25. The molecule has 0 aliphatic heterocycles. The van der Waals surface area contributed by atoms with Gasteiger partial charge in [0, 0.05) is 31.5 Å². The zero-order valence-corrected chi connectivity index (χ0v) is 13.5. The van der Waals surface area contributed by atoms with Crippen LogP contribution < -0.4 is 10.6 Å². The highest BCUT2D eigenvalue weighted by Crippen LogP contribution is 2.20. The van der Waals surface area contributed by atoms with Gasteiger partial charge in [-0.05, 0) is 43.8 Å². The zero-order chi connectivity index (χ0) is 14.8. The van der Waals surface area contributed by atoms with E-state index in [0.717, 1.165) is 31.9 Å². The van der Waals surface area contributed by atoms with Gasteiger partial charge in [0.15, 0.2) is 0 Å². The Kier molecular flexibility index (Phi) is 9.06. The maximum Gasteiger partial charge on any atom is 0.0395 e. The smallest absolute Gasteiger partial charge is 0.0395 e. The van der Waals surface area contributed by atoms with E-state index < -0.39 is 0 Å². The number of nitrogens with two attached hydrogens (primary N) is 1. The van der Waals surface area contributed by atoms with Gasteiger partial charge in [-0.25, -0.2) is 0 Å². The summed E-state index contributed by atoms with van der Waals surface area (Å²) < 4.78 is 0. The summed E-state index contributed by atoms with van der Waals surface area (Å²) in [7, 11) is 2.14. The minimum atomic E-state index is 0.836. The summed E-state index contributed by atoms with van der Waals surface area (Å²) in [4.78, 5) is 4.73. The fraction of sp³-hybridized carbons (Fsp3) is 0.625. The van der Waals surface area contributed by atoms with Gasteiger partial charge in [-0.2, -0.15) is 0 Å². The standard InChI is InChI=1S/C14H25N3.C2H6/c1-5-17(6-2)10-9-16(4)14-8-7-13(15)11-12(14)3;1-2/h7-8,11H,5-6,9-10,15H2,1-4H3;1-2H3. The molecule has 1 aromatic carbocycles. The van der Waals surface area contributed by atoms with Crippen molar-refractivity contribution in [3.8, 4) is 0 Å². The first-order valence-electron chi connectivity index (χ1n) is 7.38. The van der Waals surface area contributed by atoms with Gasteiger partial charge in [0.25, 0.3) is 0 Å². The topological polar surface area (TPSA) is 32.5 Å². The summed E-state index contributed by atoms with van der Waals surface area (Å²) in [5.74, 6) is 0. The normalized spacial score (nSPS) is 10.1. The van der Waals surface area contributed by atoms with E-state index in [1.807, 2.05) is 26.0 Å². The Balaban J connectivity index is 0.00000154. The van der Waals surface area contributed by atoms with E-state index in [0.29, 0.717) is 0 Å². The molecule has 2 N–H and O–H groups in total. The van der Waals surface area contributed by atoms with Crippen LogP contribution in [0.3, 0.4) is 0 Å². The molecular formula is C16H31N3. The number of aryl methyl sites for hydroxylation is 1. The molecule has 0 fully saturated rings. The second-order valence-electron chi connectivity index (χ2n) is 4.49. The molecule has 0 saturated heterocycles. The van der Waals surface area contributed by atoms with Gasteiger partial charge in [-0.3, -0.25) is 0 Å². The number of benzene rings is 1. The first-order chi connectivity index (χ1) is 9.08. The average Bonchev–Trinajstić information content (AvgIpc) is 2.42. The van der Waals surface area contributed by atoms with Crippen LogP contribution in [-0.4, -0.2) is 38.1 Å². The van der Waals surface area contributed by atoms with Crippen molar-refractivity contribution in [3.63, 3.8) is 0 Å². The van der Waals surface area contributed by atoms with Gasteiger partial charge >= 0.3 is 0 Å². The van der Waals surface area contributed by atoms with Crippen LogP contribution in [0.25, 0.3) is 0 Å². The molecule has 0 bridgehead atoms. The summed E-state index contributed by atoms with van der Waals surface area (Å²) in [6.45, 7) is 14.9. The molecule has 0 radical (unpaired) electrons. The van der Waals surface area contributed by atoms with Crippen LogP contribution in [-0.2, 0) is 0 Å². The third kappa shape index (κ3) is 5.97. The highest BCUT2D eigenvalue weighted by Gasteiger charge is 2.06. The molecule has 0 spiro atoms. The molecule has 0 aromatic heterocycles. The molecule has 0 amide bonds. The lowest BCUT2D eigenvalue weighted by atomic mass is 10.1. The molecular weight excluding hydrogens is 234 g/mol. The zero-order valence-electron chi connectivity index (χ0n) is 13.5. The summed E-state index contributed by atoms with van der Waals surface area (Å²) >= 11 is 0. The maximum atomic E-state index is 5.77. The van der Waals surface area contributed by atoms with Crippen LogP contribution in [0, 0.1) is 6.92 Å². The maximum absolute atomic E-state index is 5.77. The van der Waals surface area contributed by atoms with E-state index in [-0.39, 0.29) is 0 Å². The molecule has 1 aromatic rings. The number of rotatable bonds is 6. The van der Waals surface area contributed by atoms with Crippen LogP contribution in [0.5, 0.6) is 0 Å². The molecule has 110 valence electrons. The van der Waals surface area contributed by atoms with Gasteiger partial charge < -0.3 is 15.5 Å². The summed E-state index contributed by atoms with van der Waals surface area (Å²) in [5, 5.41) is 0. The van der Waals surface area contributed by atoms with Gasteiger partial charge in [0.1, 0.15) is 0 Å². The quantitative estimate of drug-likeness (QED) is 0.800. The Morgan fingerprint density at radius 3 is 2.11 bits per heavy atom. The van der Waals surface area contributed by atoms with Crippen molar-refractivity contribution in [2.24, 2.45) is 0 Å². The number of nitrogens with zero attached hydrogens (tertiary/aromatic N) is 2. The second kappa shape index (κ2) is 9.68. The van der Waals surface area contributed by atoms with E-state index in [4.69, 9.17) is 5.73 Å². The monoisotopic (exact) mass is 265 g/mol. The van der Waals surface area contributed by atoms with Gasteiger partial charge in [0.05, 0.1) is 0 Å². The van der Waals surface area contributed by atoms with Gasteiger partial charge in [0.2, 0.25) is 0 Å². The van der Waals surface area contributed by atoms with Crippen LogP contribution in [0.1, 0.15) is 33.3 Å². The second-order valence-corrected chi connectivity index (χ2v) is 4.49. The van der Waals surface area contributed by atoms with E-state index >= 15 is 0 Å². The number of hydrogen-bond donors (Lipinski definition) is 1. The highest BCUT2D eigenvalue weighted by molar-refractivity contribution is 5.58. The number of nitrogen functional groups attached to an aromatic ring is 1. The van der Waals surface area contributed by atoms with Gasteiger partial charge in [-0.15, -0.1) is 0 Å². The van der Waals surface area contributed by atoms with Crippen molar-refractivity contribution < 1.29 is 0 Å². The Labute approximate surface area is 119 Å². The van der Waals surface area contributed by atoms with Crippen LogP contribution in [0.4, 0.5) is 11.4 Å². The molecule has 19 heavy (non-hydrogen) atoms. The molecule has 0 aliphatic rings. The molecule has 0 heterocycles.